The first kappa shape index (κ1) is 13.4. The van der Waals surface area contributed by atoms with Crippen molar-refractivity contribution in [2.24, 2.45) is 11.7 Å². The maximum atomic E-state index is 6.12. The predicted molar refractivity (Wildman–Crippen MR) is 80.2 cm³/mol. The average molecular weight is 293 g/mol. The summed E-state index contributed by atoms with van der Waals surface area (Å²) in [4.78, 5) is 7.74. The lowest BCUT2D eigenvalue weighted by molar-refractivity contribution is 0.376. The summed E-state index contributed by atoms with van der Waals surface area (Å²) in [5.41, 5.74) is 6.12. The lowest BCUT2D eigenvalue weighted by Gasteiger charge is -2.34. The minimum Gasteiger partial charge on any atom is -0.496 e. The van der Waals surface area contributed by atoms with E-state index in [0.717, 1.165) is 41.9 Å². The molecule has 7 heteroatoms. The van der Waals surface area contributed by atoms with Gasteiger partial charge in [0.2, 0.25) is 5.95 Å². The summed E-state index contributed by atoms with van der Waals surface area (Å²) in [7, 11) is 1.66. The highest BCUT2D eigenvalue weighted by Gasteiger charge is 2.25. The third-order valence-corrected chi connectivity index (χ3v) is 4.73. The van der Waals surface area contributed by atoms with Crippen molar-refractivity contribution in [3.63, 3.8) is 0 Å². The summed E-state index contributed by atoms with van der Waals surface area (Å²) in [5, 5.41) is 9.26. The zero-order valence-corrected chi connectivity index (χ0v) is 12.5. The zero-order valence-electron chi connectivity index (χ0n) is 11.7. The van der Waals surface area contributed by atoms with Gasteiger partial charge in [-0.2, -0.15) is 4.98 Å². The number of anilines is 1. The van der Waals surface area contributed by atoms with Crippen molar-refractivity contribution in [2.45, 2.75) is 19.4 Å². The van der Waals surface area contributed by atoms with E-state index in [9.17, 15) is 0 Å². The molecule has 3 heterocycles. The molecule has 20 heavy (non-hydrogen) atoms. The standard InChI is InChI=1S/C13H19N5OS/c1-8-3-4-18(6-10(8)14)13-15-12(16-17-13)11-5-9(19-2)7-20-11/h5,7-8,10H,3-4,6,14H2,1-2H3,(H,15,16,17). The van der Waals surface area contributed by atoms with Gasteiger partial charge in [0.1, 0.15) is 5.75 Å². The van der Waals surface area contributed by atoms with Crippen molar-refractivity contribution in [1.82, 2.24) is 15.2 Å². The molecule has 3 N–H and O–H groups in total. The van der Waals surface area contributed by atoms with Gasteiger partial charge in [0.15, 0.2) is 5.82 Å². The fraction of sp³-hybridized carbons (Fsp3) is 0.538. The first-order chi connectivity index (χ1) is 9.67. The minimum atomic E-state index is 0.188. The van der Waals surface area contributed by atoms with Crippen LogP contribution in [0.4, 0.5) is 5.95 Å². The van der Waals surface area contributed by atoms with E-state index in [2.05, 4.69) is 27.0 Å². The molecule has 2 atom stereocenters. The Morgan fingerprint density at radius 2 is 2.40 bits per heavy atom. The Bertz CT molecular complexity index is 581. The number of thiophene rings is 1. The second-order valence-electron chi connectivity index (χ2n) is 5.21. The highest BCUT2D eigenvalue weighted by Crippen LogP contribution is 2.30. The van der Waals surface area contributed by atoms with Crippen LogP contribution < -0.4 is 15.4 Å². The molecule has 1 fully saturated rings. The Labute approximate surface area is 122 Å². The van der Waals surface area contributed by atoms with Crippen LogP contribution in [0.25, 0.3) is 10.7 Å². The molecule has 6 nitrogen and oxygen atoms in total. The normalized spacial score (nSPS) is 23.1. The molecule has 3 rings (SSSR count). The van der Waals surface area contributed by atoms with E-state index in [0.29, 0.717) is 5.92 Å². The third-order valence-electron chi connectivity index (χ3n) is 3.82. The van der Waals surface area contributed by atoms with Crippen molar-refractivity contribution in [3.05, 3.63) is 11.4 Å². The number of aromatic nitrogens is 3. The summed E-state index contributed by atoms with van der Waals surface area (Å²) >= 11 is 1.59. The average Bonchev–Trinajstić information content (AvgIpc) is 3.09. The van der Waals surface area contributed by atoms with E-state index in [4.69, 9.17) is 10.5 Å². The van der Waals surface area contributed by atoms with Gasteiger partial charge >= 0.3 is 0 Å². The molecule has 1 aliphatic rings. The Morgan fingerprint density at radius 3 is 3.10 bits per heavy atom. The summed E-state index contributed by atoms with van der Waals surface area (Å²) in [6, 6.07) is 2.14. The van der Waals surface area contributed by atoms with E-state index in [1.54, 1.807) is 18.4 Å². The molecular formula is C13H19N5OS. The highest BCUT2D eigenvalue weighted by atomic mass is 32.1. The highest BCUT2D eigenvalue weighted by molar-refractivity contribution is 7.13. The predicted octanol–water partition coefficient (Wildman–Crippen LogP) is 1.72. The zero-order chi connectivity index (χ0) is 14.1. The second kappa shape index (κ2) is 5.41. The molecule has 2 aromatic rings. The van der Waals surface area contributed by atoms with Crippen LogP contribution in [0.15, 0.2) is 11.4 Å². The van der Waals surface area contributed by atoms with Gasteiger partial charge in [0.05, 0.1) is 12.0 Å². The van der Waals surface area contributed by atoms with Gasteiger partial charge in [0.25, 0.3) is 0 Å². The number of nitrogens with zero attached hydrogens (tertiary/aromatic N) is 3. The van der Waals surface area contributed by atoms with E-state index >= 15 is 0 Å². The quantitative estimate of drug-likeness (QED) is 0.900. The maximum Gasteiger partial charge on any atom is 0.245 e. The Morgan fingerprint density at radius 1 is 1.55 bits per heavy atom. The fourth-order valence-corrected chi connectivity index (χ4v) is 3.13. The number of aromatic amines is 1. The van der Waals surface area contributed by atoms with Gasteiger partial charge in [-0.15, -0.1) is 16.4 Å². The lowest BCUT2D eigenvalue weighted by atomic mass is 9.95. The van der Waals surface area contributed by atoms with Crippen molar-refractivity contribution in [3.8, 4) is 16.5 Å². The maximum absolute atomic E-state index is 6.12. The summed E-state index contributed by atoms with van der Waals surface area (Å²) < 4.78 is 5.19. The van der Waals surface area contributed by atoms with E-state index in [-0.39, 0.29) is 6.04 Å². The van der Waals surface area contributed by atoms with E-state index < -0.39 is 0 Å². The van der Waals surface area contributed by atoms with Gasteiger partial charge in [-0.1, -0.05) is 6.92 Å². The van der Waals surface area contributed by atoms with Crippen molar-refractivity contribution >= 4 is 17.3 Å². The monoisotopic (exact) mass is 293 g/mol. The van der Waals surface area contributed by atoms with E-state index in [1.807, 2.05) is 11.4 Å². The number of piperidine rings is 1. The lowest BCUT2D eigenvalue weighted by Crippen LogP contribution is -2.48. The third kappa shape index (κ3) is 2.51. The smallest absolute Gasteiger partial charge is 0.245 e. The molecule has 108 valence electrons. The number of nitrogens with one attached hydrogen (secondary N) is 1. The first-order valence-electron chi connectivity index (χ1n) is 6.73. The number of nitrogens with two attached hydrogens (primary N) is 1. The molecule has 0 bridgehead atoms. The van der Waals surface area contributed by atoms with Gasteiger partial charge in [-0.25, -0.2) is 0 Å². The van der Waals surface area contributed by atoms with Crippen molar-refractivity contribution < 1.29 is 4.74 Å². The number of ether oxygens (including phenoxy) is 1. The molecule has 0 saturated carbocycles. The van der Waals surface area contributed by atoms with Crippen molar-refractivity contribution in [2.75, 3.05) is 25.1 Å². The van der Waals surface area contributed by atoms with Gasteiger partial charge < -0.3 is 15.4 Å². The van der Waals surface area contributed by atoms with Crippen LogP contribution in [-0.2, 0) is 0 Å². The van der Waals surface area contributed by atoms with Crippen LogP contribution in [0.2, 0.25) is 0 Å². The number of rotatable bonds is 3. The molecule has 2 aromatic heterocycles. The summed E-state index contributed by atoms with van der Waals surface area (Å²) in [6.45, 7) is 3.97. The van der Waals surface area contributed by atoms with E-state index in [1.165, 1.54) is 0 Å². The summed E-state index contributed by atoms with van der Waals surface area (Å²) in [6.07, 6.45) is 1.08. The van der Waals surface area contributed by atoms with Crippen LogP contribution >= 0.6 is 11.3 Å². The summed E-state index contributed by atoms with van der Waals surface area (Å²) in [5.74, 6) is 2.91. The second-order valence-corrected chi connectivity index (χ2v) is 6.12. The molecule has 0 amide bonds. The number of H-pyrrole nitrogens is 1. The number of hydrogen-bond donors (Lipinski definition) is 2. The molecule has 0 aliphatic carbocycles. The first-order valence-corrected chi connectivity index (χ1v) is 7.61. The van der Waals surface area contributed by atoms with Crippen LogP contribution in [0, 0.1) is 5.92 Å². The largest absolute Gasteiger partial charge is 0.496 e. The van der Waals surface area contributed by atoms with Crippen LogP contribution in [-0.4, -0.2) is 41.4 Å². The minimum absolute atomic E-state index is 0.188. The van der Waals surface area contributed by atoms with Crippen LogP contribution in [0.5, 0.6) is 5.75 Å². The Balaban J connectivity index is 1.76. The topological polar surface area (TPSA) is 80.1 Å². The number of hydrogen-bond acceptors (Lipinski definition) is 6. The number of methoxy groups -OCH3 is 1. The SMILES string of the molecule is COc1csc(-c2nc(N3CCC(C)C(N)C3)n[nH]2)c1. The Hall–Kier alpha value is -1.60. The Kier molecular flexibility index (Phi) is 3.62. The van der Waals surface area contributed by atoms with Gasteiger partial charge in [-0.3, -0.25) is 5.10 Å². The molecular weight excluding hydrogens is 274 g/mol. The van der Waals surface area contributed by atoms with Crippen LogP contribution in [0.3, 0.4) is 0 Å². The molecule has 0 spiro atoms. The van der Waals surface area contributed by atoms with Gasteiger partial charge in [-0.05, 0) is 12.3 Å². The molecule has 1 aliphatic heterocycles. The molecule has 0 aromatic carbocycles. The van der Waals surface area contributed by atoms with Gasteiger partial charge in [0, 0.05) is 30.6 Å². The fourth-order valence-electron chi connectivity index (χ4n) is 2.34. The molecule has 0 radical (unpaired) electrons. The molecule has 2 unspecified atom stereocenters. The van der Waals surface area contributed by atoms with Crippen molar-refractivity contribution in [1.29, 1.82) is 0 Å². The van der Waals surface area contributed by atoms with Crippen LogP contribution in [0.1, 0.15) is 13.3 Å². The molecule has 1 saturated heterocycles.